The van der Waals surface area contributed by atoms with Crippen LogP contribution in [-0.2, 0) is 4.74 Å². The molecule has 0 unspecified atom stereocenters. The number of fused-ring (bicyclic) bond motifs is 1. The number of aryl methyl sites for hydroxylation is 1. The van der Waals surface area contributed by atoms with E-state index in [0.717, 1.165) is 61.7 Å². The summed E-state index contributed by atoms with van der Waals surface area (Å²) in [5.74, 6) is 0.841. The van der Waals surface area contributed by atoms with Crippen LogP contribution in [0.2, 0.25) is 0 Å². The fraction of sp³-hybridized carbons (Fsp3) is 0.444. The fourth-order valence-electron chi connectivity index (χ4n) is 3.53. The summed E-state index contributed by atoms with van der Waals surface area (Å²) >= 11 is 0. The minimum absolute atomic E-state index is 0.555. The lowest BCUT2D eigenvalue weighted by molar-refractivity contribution is 0.0104. The van der Waals surface area contributed by atoms with Crippen molar-refractivity contribution in [1.29, 1.82) is 5.26 Å². The molecule has 2 fully saturated rings. The summed E-state index contributed by atoms with van der Waals surface area (Å²) in [4.78, 5) is 9.49. The average molecular weight is 308 g/mol. The number of hydrogen-bond acceptors (Lipinski definition) is 5. The van der Waals surface area contributed by atoms with E-state index in [9.17, 15) is 5.26 Å². The van der Waals surface area contributed by atoms with Crippen molar-refractivity contribution in [2.24, 2.45) is 0 Å². The molecule has 2 aromatic rings. The molecule has 0 saturated carbocycles. The Morgan fingerprint density at radius 3 is 2.70 bits per heavy atom. The van der Waals surface area contributed by atoms with Gasteiger partial charge in [-0.1, -0.05) is 18.2 Å². The smallest absolute Gasteiger partial charge is 0.147 e. The molecule has 5 nitrogen and oxygen atoms in total. The highest BCUT2D eigenvalue weighted by Crippen LogP contribution is 2.31. The minimum Gasteiger partial charge on any atom is -0.379 e. The summed E-state index contributed by atoms with van der Waals surface area (Å²) in [5, 5.41) is 10.7. The molecule has 1 aromatic carbocycles. The molecular weight excluding hydrogens is 288 g/mol. The predicted octanol–water partition coefficient (Wildman–Crippen LogP) is 1.94. The topological polar surface area (TPSA) is 52.4 Å². The molecule has 1 aromatic heterocycles. The molecule has 5 heteroatoms. The third-order valence-electron chi connectivity index (χ3n) is 4.97. The number of benzene rings is 1. The number of pyridine rings is 1. The van der Waals surface area contributed by atoms with Gasteiger partial charge in [0.15, 0.2) is 0 Å². The number of para-hydroxylation sites is 1. The first kappa shape index (κ1) is 14.4. The number of nitriles is 1. The largest absolute Gasteiger partial charge is 0.379 e. The Morgan fingerprint density at radius 1 is 1.22 bits per heavy atom. The number of aromatic nitrogens is 1. The number of rotatable bonds is 2. The van der Waals surface area contributed by atoms with Crippen LogP contribution in [-0.4, -0.2) is 55.3 Å². The van der Waals surface area contributed by atoms with Gasteiger partial charge in [-0.3, -0.25) is 4.90 Å². The number of hydrogen-bond donors (Lipinski definition) is 0. The molecule has 0 aliphatic carbocycles. The van der Waals surface area contributed by atoms with Gasteiger partial charge in [0, 0.05) is 37.6 Å². The van der Waals surface area contributed by atoms with Crippen molar-refractivity contribution in [1.82, 2.24) is 9.88 Å². The molecule has 0 atom stereocenters. The summed E-state index contributed by atoms with van der Waals surface area (Å²) in [6.45, 7) is 7.58. The van der Waals surface area contributed by atoms with Crippen LogP contribution in [0, 0.1) is 18.3 Å². The van der Waals surface area contributed by atoms with Crippen molar-refractivity contribution in [2.75, 3.05) is 44.3 Å². The van der Waals surface area contributed by atoms with Gasteiger partial charge in [0.05, 0.1) is 24.3 Å². The van der Waals surface area contributed by atoms with Gasteiger partial charge in [-0.2, -0.15) is 5.26 Å². The van der Waals surface area contributed by atoms with Crippen molar-refractivity contribution >= 4 is 16.7 Å². The average Bonchev–Trinajstić information content (AvgIpc) is 2.55. The van der Waals surface area contributed by atoms with Gasteiger partial charge in [0.1, 0.15) is 11.9 Å². The van der Waals surface area contributed by atoms with E-state index in [1.165, 1.54) is 0 Å². The summed E-state index contributed by atoms with van der Waals surface area (Å²) in [6.07, 6.45) is 0. The van der Waals surface area contributed by atoms with Crippen molar-refractivity contribution in [2.45, 2.75) is 13.0 Å². The molecule has 0 amide bonds. The summed E-state index contributed by atoms with van der Waals surface area (Å²) in [7, 11) is 0. The monoisotopic (exact) mass is 308 g/mol. The van der Waals surface area contributed by atoms with Crippen LogP contribution in [0.3, 0.4) is 0 Å². The third kappa shape index (κ3) is 2.44. The van der Waals surface area contributed by atoms with Gasteiger partial charge >= 0.3 is 0 Å². The standard InChI is InChI=1S/C18H20N4O/c1-13-15-4-2-3-5-17(15)20-18(16(13)10-19)22-11-14(12-22)21-6-8-23-9-7-21/h2-5,14H,6-9,11-12H2,1H3. The summed E-state index contributed by atoms with van der Waals surface area (Å²) in [5.41, 5.74) is 2.71. The van der Waals surface area contributed by atoms with Gasteiger partial charge < -0.3 is 9.64 Å². The molecule has 4 rings (SSSR count). The Labute approximate surface area is 136 Å². The second-order valence-corrected chi connectivity index (χ2v) is 6.27. The highest BCUT2D eigenvalue weighted by Gasteiger charge is 2.34. The second kappa shape index (κ2) is 5.80. The maximum absolute atomic E-state index is 9.60. The molecule has 23 heavy (non-hydrogen) atoms. The number of morpholine rings is 1. The van der Waals surface area contributed by atoms with E-state index in [4.69, 9.17) is 9.72 Å². The molecule has 2 aliphatic rings. The van der Waals surface area contributed by atoms with Crippen molar-refractivity contribution in [3.8, 4) is 6.07 Å². The Bertz CT molecular complexity index is 770. The maximum Gasteiger partial charge on any atom is 0.147 e. The molecule has 2 aliphatic heterocycles. The van der Waals surface area contributed by atoms with Crippen molar-refractivity contribution in [3.05, 3.63) is 35.4 Å². The fourth-order valence-corrected chi connectivity index (χ4v) is 3.53. The number of nitrogens with zero attached hydrogens (tertiary/aromatic N) is 4. The molecule has 0 N–H and O–H groups in total. The van der Waals surface area contributed by atoms with E-state index in [0.29, 0.717) is 11.6 Å². The lowest BCUT2D eigenvalue weighted by Gasteiger charge is -2.47. The van der Waals surface area contributed by atoms with Crippen molar-refractivity contribution in [3.63, 3.8) is 0 Å². The highest BCUT2D eigenvalue weighted by atomic mass is 16.5. The molecule has 118 valence electrons. The minimum atomic E-state index is 0.555. The van der Waals surface area contributed by atoms with Crippen LogP contribution in [0.1, 0.15) is 11.1 Å². The van der Waals surface area contributed by atoms with Crippen LogP contribution in [0.4, 0.5) is 5.82 Å². The van der Waals surface area contributed by atoms with E-state index < -0.39 is 0 Å². The van der Waals surface area contributed by atoms with E-state index in [1.54, 1.807) is 0 Å². The Morgan fingerprint density at radius 2 is 1.96 bits per heavy atom. The van der Waals surface area contributed by atoms with E-state index in [-0.39, 0.29) is 0 Å². The summed E-state index contributed by atoms with van der Waals surface area (Å²) in [6, 6.07) is 11.0. The van der Waals surface area contributed by atoms with Crippen LogP contribution in [0.25, 0.3) is 10.9 Å². The third-order valence-corrected chi connectivity index (χ3v) is 4.97. The van der Waals surface area contributed by atoms with Crippen LogP contribution >= 0.6 is 0 Å². The zero-order valence-corrected chi connectivity index (χ0v) is 13.3. The second-order valence-electron chi connectivity index (χ2n) is 6.27. The Balaban J connectivity index is 1.61. The first-order valence-corrected chi connectivity index (χ1v) is 8.14. The van der Waals surface area contributed by atoms with Gasteiger partial charge in [-0.05, 0) is 18.6 Å². The zero-order chi connectivity index (χ0) is 15.8. The van der Waals surface area contributed by atoms with E-state index in [1.807, 2.05) is 31.2 Å². The number of ether oxygens (including phenoxy) is 1. The Kier molecular flexibility index (Phi) is 3.64. The van der Waals surface area contributed by atoms with Gasteiger partial charge in [0.2, 0.25) is 0 Å². The lowest BCUT2D eigenvalue weighted by atomic mass is 10.0. The van der Waals surface area contributed by atoms with Gasteiger partial charge in [0.25, 0.3) is 0 Å². The van der Waals surface area contributed by atoms with Crippen LogP contribution in [0.5, 0.6) is 0 Å². The first-order chi connectivity index (χ1) is 11.3. The van der Waals surface area contributed by atoms with Crippen molar-refractivity contribution < 1.29 is 4.74 Å². The van der Waals surface area contributed by atoms with Gasteiger partial charge in [-0.25, -0.2) is 4.98 Å². The zero-order valence-electron chi connectivity index (χ0n) is 13.3. The molecule has 0 spiro atoms. The normalized spacial score (nSPS) is 19.6. The SMILES string of the molecule is Cc1c(C#N)c(N2CC(N3CCOCC3)C2)nc2ccccc12. The van der Waals surface area contributed by atoms with Crippen LogP contribution < -0.4 is 4.90 Å². The Hall–Kier alpha value is -2.16. The first-order valence-electron chi connectivity index (χ1n) is 8.14. The molecule has 0 bridgehead atoms. The summed E-state index contributed by atoms with van der Waals surface area (Å²) < 4.78 is 5.42. The number of anilines is 1. The highest BCUT2D eigenvalue weighted by molar-refractivity contribution is 5.87. The quantitative estimate of drug-likeness (QED) is 0.848. The molecular formula is C18H20N4O. The van der Waals surface area contributed by atoms with Crippen LogP contribution in [0.15, 0.2) is 24.3 Å². The van der Waals surface area contributed by atoms with E-state index >= 15 is 0 Å². The molecule has 0 radical (unpaired) electrons. The maximum atomic E-state index is 9.60. The van der Waals surface area contributed by atoms with E-state index in [2.05, 4.69) is 15.9 Å². The molecule has 3 heterocycles. The predicted molar refractivity (Wildman–Crippen MR) is 89.6 cm³/mol. The lowest BCUT2D eigenvalue weighted by Crippen LogP contribution is -2.62. The van der Waals surface area contributed by atoms with Gasteiger partial charge in [-0.15, -0.1) is 0 Å². The molecule has 2 saturated heterocycles.